The average molecular weight is 318 g/mol. The number of hydrogen-bond donors (Lipinski definition) is 2. The van der Waals surface area contributed by atoms with E-state index in [2.05, 4.69) is 15.6 Å². The molecule has 1 saturated heterocycles. The number of rotatable bonds is 4. The minimum atomic E-state index is -0.106. The van der Waals surface area contributed by atoms with Gasteiger partial charge in [-0.05, 0) is 49.7 Å². The Kier molecular flexibility index (Phi) is 4.56. The van der Waals surface area contributed by atoms with Crippen LogP contribution in [0.3, 0.4) is 0 Å². The van der Waals surface area contributed by atoms with Gasteiger partial charge in [-0.3, -0.25) is 4.79 Å². The van der Waals surface area contributed by atoms with Crippen molar-refractivity contribution in [3.05, 3.63) is 47.6 Å². The number of pyridine rings is 1. The second kappa shape index (κ2) is 6.77. The van der Waals surface area contributed by atoms with Gasteiger partial charge < -0.3 is 15.4 Å². The summed E-state index contributed by atoms with van der Waals surface area (Å²) in [5.41, 5.74) is 0.655. The number of nitrogens with one attached hydrogen (secondary N) is 2. The molecule has 114 valence electrons. The van der Waals surface area contributed by atoms with Gasteiger partial charge in [-0.25, -0.2) is 4.98 Å². The molecule has 3 rings (SSSR count). The summed E-state index contributed by atoms with van der Waals surface area (Å²) in [6.45, 7) is 0.893. The summed E-state index contributed by atoms with van der Waals surface area (Å²) < 4.78 is 5.60. The highest BCUT2D eigenvalue weighted by molar-refractivity contribution is 6.30. The van der Waals surface area contributed by atoms with Crippen molar-refractivity contribution in [2.75, 3.05) is 11.9 Å². The molecule has 1 aromatic carbocycles. The number of nitrogens with zero attached hydrogens (tertiary/aromatic N) is 1. The Morgan fingerprint density at radius 1 is 1.27 bits per heavy atom. The normalized spacial score (nSPS) is 17.2. The van der Waals surface area contributed by atoms with Gasteiger partial charge in [0.1, 0.15) is 5.75 Å². The number of halogens is 1. The van der Waals surface area contributed by atoms with Gasteiger partial charge in [-0.2, -0.15) is 0 Å². The molecule has 1 aliphatic rings. The van der Waals surface area contributed by atoms with E-state index < -0.39 is 0 Å². The molecule has 2 N–H and O–H groups in total. The first-order valence-electron chi connectivity index (χ1n) is 7.14. The van der Waals surface area contributed by atoms with Gasteiger partial charge in [0.05, 0.1) is 17.9 Å². The van der Waals surface area contributed by atoms with E-state index in [4.69, 9.17) is 16.3 Å². The van der Waals surface area contributed by atoms with Gasteiger partial charge >= 0.3 is 0 Å². The van der Waals surface area contributed by atoms with Crippen molar-refractivity contribution in [3.63, 3.8) is 0 Å². The Balaban J connectivity index is 1.60. The zero-order chi connectivity index (χ0) is 15.4. The van der Waals surface area contributed by atoms with Gasteiger partial charge in [-0.1, -0.05) is 11.6 Å². The second-order valence-corrected chi connectivity index (χ2v) is 5.52. The van der Waals surface area contributed by atoms with Gasteiger partial charge in [-0.15, -0.1) is 0 Å². The Labute approximate surface area is 133 Å². The lowest BCUT2D eigenvalue weighted by molar-refractivity contribution is -0.117. The first-order valence-corrected chi connectivity index (χ1v) is 7.52. The molecule has 0 aliphatic carbocycles. The van der Waals surface area contributed by atoms with E-state index in [0.717, 1.165) is 19.4 Å². The number of ether oxygens (including phenoxy) is 1. The third-order valence-corrected chi connectivity index (χ3v) is 3.67. The standard InChI is InChI=1S/C16H16ClN3O2/c17-11-3-6-13(7-4-11)22-15-8-5-12(10-19-15)20-16(21)14-2-1-9-18-14/h3-8,10,14,18H,1-2,9H2,(H,20,21). The molecule has 1 unspecified atom stereocenters. The molecule has 22 heavy (non-hydrogen) atoms. The summed E-state index contributed by atoms with van der Waals surface area (Å²) in [6.07, 6.45) is 3.49. The van der Waals surface area contributed by atoms with Crippen LogP contribution in [0.2, 0.25) is 5.02 Å². The minimum absolute atomic E-state index is 0.0225. The molecule has 0 radical (unpaired) electrons. The minimum Gasteiger partial charge on any atom is -0.439 e. The van der Waals surface area contributed by atoms with Gasteiger partial charge in [0, 0.05) is 11.1 Å². The van der Waals surface area contributed by atoms with Crippen LogP contribution in [0.5, 0.6) is 11.6 Å². The van der Waals surface area contributed by atoms with Crippen molar-refractivity contribution in [2.45, 2.75) is 18.9 Å². The highest BCUT2D eigenvalue weighted by Gasteiger charge is 2.21. The molecule has 2 heterocycles. The highest BCUT2D eigenvalue weighted by atomic mass is 35.5. The molecule has 1 atom stereocenters. The van der Waals surface area contributed by atoms with E-state index in [1.54, 1.807) is 42.6 Å². The number of carbonyl (C=O) groups excluding carboxylic acids is 1. The summed E-state index contributed by atoms with van der Waals surface area (Å²) in [5.74, 6) is 1.09. The molecule has 6 heteroatoms. The average Bonchev–Trinajstić information content (AvgIpc) is 3.06. The van der Waals surface area contributed by atoms with Gasteiger partial charge in [0.15, 0.2) is 0 Å². The van der Waals surface area contributed by atoms with E-state index in [1.807, 2.05) is 0 Å². The lowest BCUT2D eigenvalue weighted by atomic mass is 10.2. The van der Waals surface area contributed by atoms with Crippen LogP contribution < -0.4 is 15.4 Å². The molecule has 1 fully saturated rings. The zero-order valence-electron chi connectivity index (χ0n) is 11.9. The number of anilines is 1. The maximum atomic E-state index is 12.0. The third kappa shape index (κ3) is 3.75. The molecular formula is C16H16ClN3O2. The smallest absolute Gasteiger partial charge is 0.241 e. The Morgan fingerprint density at radius 2 is 2.09 bits per heavy atom. The van der Waals surface area contributed by atoms with Crippen molar-refractivity contribution in [1.82, 2.24) is 10.3 Å². The molecule has 0 bridgehead atoms. The van der Waals surface area contributed by atoms with Crippen LogP contribution in [0.25, 0.3) is 0 Å². The van der Waals surface area contributed by atoms with Crippen LogP contribution in [-0.2, 0) is 4.79 Å². The predicted molar refractivity (Wildman–Crippen MR) is 85.4 cm³/mol. The van der Waals surface area contributed by atoms with Crippen LogP contribution in [-0.4, -0.2) is 23.5 Å². The lowest BCUT2D eigenvalue weighted by Crippen LogP contribution is -2.35. The fourth-order valence-electron chi connectivity index (χ4n) is 2.28. The Morgan fingerprint density at radius 3 is 2.73 bits per heavy atom. The monoisotopic (exact) mass is 317 g/mol. The zero-order valence-corrected chi connectivity index (χ0v) is 12.6. The van der Waals surface area contributed by atoms with Crippen molar-refractivity contribution < 1.29 is 9.53 Å². The SMILES string of the molecule is O=C(Nc1ccc(Oc2ccc(Cl)cc2)nc1)C1CCCN1. The van der Waals surface area contributed by atoms with Crippen LogP contribution in [0.15, 0.2) is 42.6 Å². The fraction of sp³-hybridized carbons (Fsp3) is 0.250. The third-order valence-electron chi connectivity index (χ3n) is 3.42. The largest absolute Gasteiger partial charge is 0.439 e. The van der Waals surface area contributed by atoms with Crippen molar-refractivity contribution in [3.8, 4) is 11.6 Å². The Bertz CT molecular complexity index is 637. The number of aromatic nitrogens is 1. The molecule has 5 nitrogen and oxygen atoms in total. The molecular weight excluding hydrogens is 302 g/mol. The van der Waals surface area contributed by atoms with Gasteiger partial charge in [0.2, 0.25) is 11.8 Å². The van der Waals surface area contributed by atoms with Crippen LogP contribution >= 0.6 is 11.6 Å². The van der Waals surface area contributed by atoms with E-state index >= 15 is 0 Å². The van der Waals surface area contributed by atoms with Crippen molar-refractivity contribution >= 4 is 23.2 Å². The molecule has 0 spiro atoms. The quantitative estimate of drug-likeness (QED) is 0.909. The molecule has 2 aromatic rings. The van der Waals surface area contributed by atoms with Crippen LogP contribution in [0.1, 0.15) is 12.8 Å². The summed E-state index contributed by atoms with van der Waals surface area (Å²) in [7, 11) is 0. The van der Waals surface area contributed by atoms with E-state index in [-0.39, 0.29) is 11.9 Å². The number of carbonyl (C=O) groups is 1. The molecule has 0 saturated carbocycles. The second-order valence-electron chi connectivity index (χ2n) is 5.08. The maximum absolute atomic E-state index is 12.0. The maximum Gasteiger partial charge on any atom is 0.241 e. The molecule has 1 aromatic heterocycles. The van der Waals surface area contributed by atoms with E-state index in [9.17, 15) is 4.79 Å². The molecule has 1 aliphatic heterocycles. The summed E-state index contributed by atoms with van der Waals surface area (Å²) in [4.78, 5) is 16.2. The van der Waals surface area contributed by atoms with E-state index in [0.29, 0.717) is 22.3 Å². The highest BCUT2D eigenvalue weighted by Crippen LogP contribution is 2.22. The summed E-state index contributed by atoms with van der Waals surface area (Å²) in [6, 6.07) is 10.4. The van der Waals surface area contributed by atoms with Crippen LogP contribution in [0.4, 0.5) is 5.69 Å². The van der Waals surface area contributed by atoms with E-state index in [1.165, 1.54) is 0 Å². The van der Waals surface area contributed by atoms with Crippen molar-refractivity contribution in [2.24, 2.45) is 0 Å². The molecule has 1 amide bonds. The first kappa shape index (κ1) is 14.8. The van der Waals surface area contributed by atoms with Crippen LogP contribution in [0, 0.1) is 0 Å². The fourth-order valence-corrected chi connectivity index (χ4v) is 2.40. The van der Waals surface area contributed by atoms with Crippen molar-refractivity contribution in [1.29, 1.82) is 0 Å². The predicted octanol–water partition coefficient (Wildman–Crippen LogP) is 3.22. The lowest BCUT2D eigenvalue weighted by Gasteiger charge is -2.11. The number of hydrogen-bond acceptors (Lipinski definition) is 4. The summed E-state index contributed by atoms with van der Waals surface area (Å²) in [5, 5.41) is 6.65. The van der Waals surface area contributed by atoms with Gasteiger partial charge in [0.25, 0.3) is 0 Å². The number of benzene rings is 1. The first-order chi connectivity index (χ1) is 10.7. The topological polar surface area (TPSA) is 63.2 Å². The Hall–Kier alpha value is -2.11. The summed E-state index contributed by atoms with van der Waals surface area (Å²) >= 11 is 5.82. The number of amides is 1.